The number of nitrogens with one attached hydrogen (secondary N) is 1. The second-order valence-corrected chi connectivity index (χ2v) is 10.8. The van der Waals surface area contributed by atoms with Crippen molar-refractivity contribution in [2.45, 2.75) is 69.6 Å². The molecule has 0 radical (unpaired) electrons. The molecule has 1 N–H and O–H groups in total. The van der Waals surface area contributed by atoms with E-state index in [9.17, 15) is 18.0 Å². The molecular weight excluding hydrogens is 473 g/mol. The molecule has 10 heteroatoms. The fourth-order valence-corrected chi connectivity index (χ4v) is 6.36. The number of methoxy groups -OCH3 is 1. The third kappa shape index (κ3) is 4.52. The second kappa shape index (κ2) is 9.61. The van der Waals surface area contributed by atoms with Gasteiger partial charge < -0.3 is 24.6 Å². The lowest BCUT2D eigenvalue weighted by molar-refractivity contribution is -0.143. The van der Waals surface area contributed by atoms with Crippen molar-refractivity contribution < 1.29 is 27.4 Å². The van der Waals surface area contributed by atoms with Crippen molar-refractivity contribution in [2.24, 2.45) is 11.3 Å². The molecule has 36 heavy (non-hydrogen) atoms. The van der Waals surface area contributed by atoms with E-state index in [-0.39, 0.29) is 42.1 Å². The van der Waals surface area contributed by atoms with Gasteiger partial charge in [0.05, 0.1) is 35.8 Å². The van der Waals surface area contributed by atoms with Crippen molar-refractivity contribution in [1.29, 1.82) is 0 Å². The number of carbonyl (C=O) groups is 1. The molecule has 0 aromatic carbocycles. The van der Waals surface area contributed by atoms with E-state index in [0.29, 0.717) is 38.5 Å². The molecule has 0 saturated carbocycles. The molecule has 5 rings (SSSR count). The van der Waals surface area contributed by atoms with Crippen molar-refractivity contribution in [3.8, 4) is 0 Å². The summed E-state index contributed by atoms with van der Waals surface area (Å²) in [6.07, 6.45) is 3.29. The highest BCUT2D eigenvalue weighted by molar-refractivity contribution is 5.87. The first-order chi connectivity index (χ1) is 17.1. The number of amides is 1. The molecule has 198 valence electrons. The van der Waals surface area contributed by atoms with Crippen LogP contribution in [0.5, 0.6) is 0 Å². The number of aromatic nitrogens is 1. The predicted molar refractivity (Wildman–Crippen MR) is 128 cm³/mol. The van der Waals surface area contributed by atoms with Gasteiger partial charge in [-0.1, -0.05) is 26.0 Å². The van der Waals surface area contributed by atoms with Gasteiger partial charge in [0.2, 0.25) is 5.91 Å². The first-order valence-corrected chi connectivity index (χ1v) is 12.8. The molecule has 3 aliphatic heterocycles. The molecule has 6 atom stereocenters. The van der Waals surface area contributed by atoms with Gasteiger partial charge in [0, 0.05) is 45.1 Å². The maximum Gasteiger partial charge on any atom is 0.416 e. The SMILES string of the molecule is CO[C@@H]1COCC[C@@H]1N[C@@H]1C=C[C@@](C(=O)N2C[C@H]3C[C@H]2CN3c2cc(C(F)(F)F)ccn2)(C(C)C)C1. The molecule has 2 bridgehead atoms. The maximum absolute atomic E-state index is 14.0. The van der Waals surface area contributed by atoms with Gasteiger partial charge in [-0.3, -0.25) is 4.79 Å². The molecule has 0 unspecified atom stereocenters. The number of alkyl halides is 3. The molecule has 4 heterocycles. The number of halogens is 3. The van der Waals surface area contributed by atoms with Crippen molar-refractivity contribution in [3.05, 3.63) is 36.0 Å². The summed E-state index contributed by atoms with van der Waals surface area (Å²) in [6, 6.07) is 2.30. The normalized spacial score (nSPS) is 34.2. The number of piperazine rings is 1. The van der Waals surface area contributed by atoms with Crippen LogP contribution in [0, 0.1) is 11.3 Å². The van der Waals surface area contributed by atoms with Crippen LogP contribution in [-0.4, -0.2) is 79.5 Å². The van der Waals surface area contributed by atoms with Gasteiger partial charge in [-0.15, -0.1) is 0 Å². The summed E-state index contributed by atoms with van der Waals surface area (Å²) in [5, 5.41) is 3.68. The van der Waals surface area contributed by atoms with Gasteiger partial charge in [-0.2, -0.15) is 13.2 Å². The standard InChI is InChI=1S/C26H35F3N4O3/c1-16(2)25(7-4-18(12-25)31-21-6-9-36-15-22(21)35-3)24(34)33-14-19-11-20(33)13-32(19)23-10-17(5-8-30-23)26(27,28)29/h4-5,7-8,10,16,18-22,31H,6,9,11-15H2,1-3H3/t18-,19-,20+,21+,22-,25+/m1/s1. The highest BCUT2D eigenvalue weighted by atomic mass is 19.4. The quantitative estimate of drug-likeness (QED) is 0.596. The second-order valence-electron chi connectivity index (χ2n) is 10.8. The Hall–Kier alpha value is -2.17. The van der Waals surface area contributed by atoms with Gasteiger partial charge in [0.1, 0.15) is 5.82 Å². The summed E-state index contributed by atoms with van der Waals surface area (Å²) in [5.74, 6) is 0.566. The number of hydrogen-bond acceptors (Lipinski definition) is 6. The van der Waals surface area contributed by atoms with E-state index in [4.69, 9.17) is 9.47 Å². The Morgan fingerprint density at radius 2 is 2.11 bits per heavy atom. The lowest BCUT2D eigenvalue weighted by atomic mass is 9.74. The molecule has 1 aromatic rings. The number of hydrogen-bond donors (Lipinski definition) is 1. The Morgan fingerprint density at radius 1 is 1.31 bits per heavy atom. The Kier molecular flexibility index (Phi) is 6.80. The van der Waals surface area contributed by atoms with E-state index in [1.54, 1.807) is 7.11 Å². The van der Waals surface area contributed by atoms with Gasteiger partial charge >= 0.3 is 6.18 Å². The van der Waals surface area contributed by atoms with Crippen LogP contribution in [0.4, 0.5) is 19.0 Å². The first-order valence-electron chi connectivity index (χ1n) is 12.8. The highest BCUT2D eigenvalue weighted by Crippen LogP contribution is 2.45. The van der Waals surface area contributed by atoms with Crippen LogP contribution >= 0.6 is 0 Å². The van der Waals surface area contributed by atoms with E-state index in [1.165, 1.54) is 6.20 Å². The maximum atomic E-state index is 14.0. The summed E-state index contributed by atoms with van der Waals surface area (Å²) >= 11 is 0. The third-order valence-electron chi connectivity index (χ3n) is 8.52. The zero-order valence-corrected chi connectivity index (χ0v) is 21.0. The van der Waals surface area contributed by atoms with Crippen LogP contribution in [0.1, 0.15) is 38.7 Å². The van der Waals surface area contributed by atoms with E-state index in [1.807, 2.05) is 9.80 Å². The van der Waals surface area contributed by atoms with Crippen molar-refractivity contribution in [3.63, 3.8) is 0 Å². The number of rotatable bonds is 6. The number of carbonyl (C=O) groups excluding carboxylic acids is 1. The minimum absolute atomic E-state index is 0.0124. The number of anilines is 1. The predicted octanol–water partition coefficient (Wildman–Crippen LogP) is 3.25. The number of likely N-dealkylation sites (tertiary alicyclic amines) is 1. The topological polar surface area (TPSA) is 66.9 Å². The molecule has 1 amide bonds. The Morgan fingerprint density at radius 3 is 2.78 bits per heavy atom. The minimum atomic E-state index is -4.41. The Bertz CT molecular complexity index is 1000. The van der Waals surface area contributed by atoms with Gasteiger partial charge in [-0.25, -0.2) is 4.98 Å². The molecular formula is C26H35F3N4O3. The van der Waals surface area contributed by atoms with E-state index in [2.05, 4.69) is 36.3 Å². The van der Waals surface area contributed by atoms with Crippen molar-refractivity contribution >= 4 is 11.7 Å². The summed E-state index contributed by atoms with van der Waals surface area (Å²) in [7, 11) is 1.70. The Balaban J connectivity index is 1.26. The third-order valence-corrected chi connectivity index (χ3v) is 8.52. The van der Waals surface area contributed by atoms with Gasteiger partial charge in [0.15, 0.2) is 0 Å². The summed E-state index contributed by atoms with van der Waals surface area (Å²) in [6.45, 7) is 6.44. The molecule has 1 aromatic heterocycles. The fourth-order valence-electron chi connectivity index (χ4n) is 6.36. The summed E-state index contributed by atoms with van der Waals surface area (Å²) in [5.41, 5.74) is -1.30. The van der Waals surface area contributed by atoms with Crippen LogP contribution in [0.3, 0.4) is 0 Å². The number of fused-ring (bicyclic) bond motifs is 2. The van der Waals surface area contributed by atoms with Gasteiger partial charge in [0.25, 0.3) is 0 Å². The molecule has 1 aliphatic carbocycles. The minimum Gasteiger partial charge on any atom is -0.379 e. The van der Waals surface area contributed by atoms with Crippen LogP contribution in [0.2, 0.25) is 0 Å². The Labute approximate surface area is 210 Å². The average Bonchev–Trinajstić information content (AvgIpc) is 3.58. The fraction of sp³-hybridized carbons (Fsp3) is 0.692. The lowest BCUT2D eigenvalue weighted by Crippen LogP contribution is -2.55. The monoisotopic (exact) mass is 508 g/mol. The van der Waals surface area contributed by atoms with Crippen LogP contribution in [-0.2, 0) is 20.4 Å². The zero-order valence-electron chi connectivity index (χ0n) is 21.0. The van der Waals surface area contributed by atoms with Gasteiger partial charge in [-0.05, 0) is 37.3 Å². The number of pyridine rings is 1. The van der Waals surface area contributed by atoms with E-state index >= 15 is 0 Å². The van der Waals surface area contributed by atoms with Crippen molar-refractivity contribution in [2.75, 3.05) is 38.3 Å². The van der Waals surface area contributed by atoms with Crippen LogP contribution in [0.15, 0.2) is 30.5 Å². The molecule has 7 nitrogen and oxygen atoms in total. The number of nitrogens with zero attached hydrogens (tertiary/aromatic N) is 3. The molecule has 0 spiro atoms. The summed E-state index contributed by atoms with van der Waals surface area (Å²) in [4.78, 5) is 22.1. The number of ether oxygens (including phenoxy) is 2. The van der Waals surface area contributed by atoms with E-state index < -0.39 is 17.2 Å². The highest BCUT2D eigenvalue weighted by Gasteiger charge is 2.53. The lowest BCUT2D eigenvalue weighted by Gasteiger charge is -2.41. The zero-order chi connectivity index (χ0) is 25.7. The van der Waals surface area contributed by atoms with Crippen LogP contribution in [0.25, 0.3) is 0 Å². The average molecular weight is 509 g/mol. The molecule has 3 fully saturated rings. The summed E-state index contributed by atoms with van der Waals surface area (Å²) < 4.78 is 50.7. The molecule has 4 aliphatic rings. The largest absolute Gasteiger partial charge is 0.416 e. The van der Waals surface area contributed by atoms with Crippen molar-refractivity contribution in [1.82, 2.24) is 15.2 Å². The smallest absolute Gasteiger partial charge is 0.379 e. The van der Waals surface area contributed by atoms with Crippen LogP contribution < -0.4 is 10.2 Å². The molecule has 3 saturated heterocycles. The van der Waals surface area contributed by atoms with E-state index in [0.717, 1.165) is 25.0 Å². The first kappa shape index (κ1) is 25.5.